The Labute approximate surface area is 204 Å². The maximum absolute atomic E-state index is 14.1. The van der Waals surface area contributed by atoms with Crippen molar-refractivity contribution in [3.05, 3.63) is 30.1 Å². The summed E-state index contributed by atoms with van der Waals surface area (Å²) in [5.41, 5.74) is 12.9. The lowest BCUT2D eigenvalue weighted by molar-refractivity contribution is -0.123. The van der Waals surface area contributed by atoms with Crippen molar-refractivity contribution in [2.75, 3.05) is 26.8 Å². The van der Waals surface area contributed by atoms with Gasteiger partial charge in [0.1, 0.15) is 0 Å². The number of amides is 2. The molecule has 0 spiro atoms. The van der Waals surface area contributed by atoms with Gasteiger partial charge in [-0.3, -0.25) is 9.59 Å². The first-order chi connectivity index (χ1) is 16.2. The van der Waals surface area contributed by atoms with Crippen molar-refractivity contribution in [3.8, 4) is 0 Å². The molecule has 0 fully saturated rings. The van der Waals surface area contributed by atoms with Crippen molar-refractivity contribution in [1.82, 2.24) is 14.5 Å². The van der Waals surface area contributed by atoms with Gasteiger partial charge < -0.3 is 25.7 Å². The molecule has 0 radical (unpaired) electrons. The second kappa shape index (κ2) is 12.9. The van der Waals surface area contributed by atoms with Crippen molar-refractivity contribution in [3.63, 3.8) is 0 Å². The van der Waals surface area contributed by atoms with Gasteiger partial charge in [0.25, 0.3) is 5.91 Å². The van der Waals surface area contributed by atoms with Gasteiger partial charge in [-0.25, -0.2) is 4.98 Å². The molecule has 1 unspecified atom stereocenters. The van der Waals surface area contributed by atoms with Crippen LogP contribution in [0, 0.1) is 11.8 Å². The van der Waals surface area contributed by atoms with Crippen LogP contribution < -0.4 is 11.5 Å². The topological polar surface area (TPSA) is 116 Å². The molecule has 0 aliphatic heterocycles. The van der Waals surface area contributed by atoms with E-state index in [1.807, 2.05) is 47.6 Å². The van der Waals surface area contributed by atoms with E-state index in [0.29, 0.717) is 31.8 Å². The summed E-state index contributed by atoms with van der Waals surface area (Å²) < 4.78 is 7.19. The number of hydrogen-bond donors (Lipinski definition) is 2. The standard InChI is InChI=1S/C26H43N5O3/c1-6-20(23(28)32)16-26(4,18-27)31(17-19(2)3)25(33)24-29-21-12-8-9-13-22(21)30(24)14-10-7-11-15-34-5/h8-9,12-13,19-20H,6-7,10-11,14-18,27H2,1-5H3,(H2,28,32)/t20?,26-/m0/s1. The van der Waals surface area contributed by atoms with Crippen molar-refractivity contribution in [1.29, 1.82) is 0 Å². The Bertz CT molecular complexity index is 942. The maximum Gasteiger partial charge on any atom is 0.290 e. The molecule has 2 aromatic rings. The first-order valence-electron chi connectivity index (χ1n) is 12.4. The number of primary amides is 1. The molecule has 2 amide bonds. The number of methoxy groups -OCH3 is 1. The number of imidazole rings is 1. The lowest BCUT2D eigenvalue weighted by Gasteiger charge is -2.43. The van der Waals surface area contributed by atoms with Crippen molar-refractivity contribution < 1.29 is 14.3 Å². The molecule has 0 bridgehead atoms. The Morgan fingerprint density at radius 2 is 1.91 bits per heavy atom. The average molecular weight is 474 g/mol. The summed E-state index contributed by atoms with van der Waals surface area (Å²) in [6, 6.07) is 7.83. The van der Waals surface area contributed by atoms with Gasteiger partial charge in [0.15, 0.2) is 5.82 Å². The molecule has 0 saturated carbocycles. The Morgan fingerprint density at radius 1 is 1.21 bits per heavy atom. The number of benzene rings is 1. The molecule has 34 heavy (non-hydrogen) atoms. The summed E-state index contributed by atoms with van der Waals surface area (Å²) in [7, 11) is 1.71. The summed E-state index contributed by atoms with van der Waals surface area (Å²) in [6.45, 7) is 10.2. The van der Waals surface area contributed by atoms with E-state index in [2.05, 4.69) is 13.8 Å². The average Bonchev–Trinajstić information content (AvgIpc) is 3.18. The minimum absolute atomic E-state index is 0.158. The highest BCUT2D eigenvalue weighted by molar-refractivity contribution is 5.95. The third-order valence-electron chi connectivity index (χ3n) is 6.54. The minimum atomic E-state index is -0.724. The van der Waals surface area contributed by atoms with Gasteiger partial charge in [-0.15, -0.1) is 0 Å². The van der Waals surface area contributed by atoms with Crippen LogP contribution in [0.2, 0.25) is 0 Å². The first kappa shape index (κ1) is 27.8. The Kier molecular flexibility index (Phi) is 10.5. The van der Waals surface area contributed by atoms with Crippen LogP contribution in [0.25, 0.3) is 11.0 Å². The highest BCUT2D eigenvalue weighted by Crippen LogP contribution is 2.29. The second-order valence-electron chi connectivity index (χ2n) is 9.85. The van der Waals surface area contributed by atoms with Gasteiger partial charge in [0.2, 0.25) is 5.91 Å². The molecule has 190 valence electrons. The fourth-order valence-electron chi connectivity index (χ4n) is 4.47. The molecule has 0 saturated heterocycles. The van der Waals surface area contributed by atoms with Crippen LogP contribution in [-0.2, 0) is 16.1 Å². The highest BCUT2D eigenvalue weighted by Gasteiger charge is 2.39. The molecule has 1 aromatic carbocycles. The zero-order valence-electron chi connectivity index (χ0n) is 21.5. The van der Waals surface area contributed by atoms with Gasteiger partial charge in [-0.05, 0) is 57.1 Å². The number of carbonyl (C=O) groups excluding carboxylic acids is 2. The molecular weight excluding hydrogens is 430 g/mol. The summed E-state index contributed by atoms with van der Waals surface area (Å²) in [5, 5.41) is 0. The van der Waals surface area contributed by atoms with Crippen molar-refractivity contribution >= 4 is 22.8 Å². The number of rotatable bonds is 15. The first-order valence-corrected chi connectivity index (χ1v) is 12.4. The number of nitrogens with zero attached hydrogens (tertiary/aromatic N) is 3. The molecule has 1 aromatic heterocycles. The molecule has 2 rings (SSSR count). The van der Waals surface area contributed by atoms with Crippen LogP contribution in [-0.4, -0.2) is 58.6 Å². The van der Waals surface area contributed by atoms with Gasteiger partial charge in [0, 0.05) is 39.3 Å². The lowest BCUT2D eigenvalue weighted by Crippen LogP contribution is -2.57. The fraction of sp³-hybridized carbons (Fsp3) is 0.654. The highest BCUT2D eigenvalue weighted by atomic mass is 16.5. The number of aryl methyl sites for hydroxylation is 1. The summed E-state index contributed by atoms with van der Waals surface area (Å²) in [6.07, 6.45) is 3.92. The number of aromatic nitrogens is 2. The SMILES string of the molecule is CCC(C[C@@](C)(CN)N(CC(C)C)C(=O)c1nc2ccccc2n1CCCCCOC)C(N)=O. The third-order valence-corrected chi connectivity index (χ3v) is 6.54. The summed E-state index contributed by atoms with van der Waals surface area (Å²) in [5.74, 6) is -0.233. The van der Waals surface area contributed by atoms with E-state index in [-0.39, 0.29) is 30.2 Å². The van der Waals surface area contributed by atoms with E-state index in [9.17, 15) is 9.59 Å². The van der Waals surface area contributed by atoms with Gasteiger partial charge in [-0.2, -0.15) is 0 Å². The number of ether oxygens (including phenoxy) is 1. The van der Waals surface area contributed by atoms with E-state index in [1.54, 1.807) is 7.11 Å². The van der Waals surface area contributed by atoms with E-state index in [0.717, 1.165) is 36.9 Å². The zero-order valence-corrected chi connectivity index (χ0v) is 21.5. The van der Waals surface area contributed by atoms with Crippen molar-refractivity contribution in [2.24, 2.45) is 23.3 Å². The summed E-state index contributed by atoms with van der Waals surface area (Å²) in [4.78, 5) is 32.7. The molecule has 8 nitrogen and oxygen atoms in total. The third kappa shape index (κ3) is 6.79. The largest absolute Gasteiger partial charge is 0.385 e. The Morgan fingerprint density at radius 3 is 2.50 bits per heavy atom. The monoisotopic (exact) mass is 473 g/mol. The summed E-state index contributed by atoms with van der Waals surface area (Å²) >= 11 is 0. The molecule has 0 aliphatic rings. The Balaban J connectivity index is 2.46. The van der Waals surface area contributed by atoms with Gasteiger partial charge in [-0.1, -0.05) is 32.9 Å². The van der Waals surface area contributed by atoms with E-state index >= 15 is 0 Å². The van der Waals surface area contributed by atoms with Crippen LogP contribution in [0.1, 0.15) is 70.4 Å². The molecular formula is C26H43N5O3. The maximum atomic E-state index is 14.1. The lowest BCUT2D eigenvalue weighted by atomic mass is 9.84. The normalized spacial score (nSPS) is 14.3. The second-order valence-corrected chi connectivity index (χ2v) is 9.85. The van der Waals surface area contributed by atoms with E-state index < -0.39 is 5.54 Å². The van der Waals surface area contributed by atoms with Crippen LogP contribution in [0.4, 0.5) is 0 Å². The van der Waals surface area contributed by atoms with Gasteiger partial charge >= 0.3 is 0 Å². The van der Waals surface area contributed by atoms with E-state index in [1.165, 1.54) is 0 Å². The van der Waals surface area contributed by atoms with Crippen LogP contribution >= 0.6 is 0 Å². The van der Waals surface area contributed by atoms with Crippen LogP contribution in [0.15, 0.2) is 24.3 Å². The number of unbranched alkanes of at least 4 members (excludes halogenated alkanes) is 2. The smallest absolute Gasteiger partial charge is 0.290 e. The van der Waals surface area contributed by atoms with Crippen LogP contribution in [0.3, 0.4) is 0 Å². The van der Waals surface area contributed by atoms with Crippen LogP contribution in [0.5, 0.6) is 0 Å². The number of nitrogens with two attached hydrogens (primary N) is 2. The predicted octanol–water partition coefficient (Wildman–Crippen LogP) is 3.57. The molecule has 8 heteroatoms. The molecule has 4 N–H and O–H groups in total. The number of hydrogen-bond acceptors (Lipinski definition) is 5. The zero-order chi connectivity index (χ0) is 25.3. The van der Waals surface area contributed by atoms with Gasteiger partial charge in [0.05, 0.1) is 16.6 Å². The number of fused-ring (bicyclic) bond motifs is 1. The number of carbonyl (C=O) groups is 2. The Hall–Kier alpha value is -2.45. The quantitative estimate of drug-likeness (QED) is 0.384. The molecule has 2 atom stereocenters. The fourth-order valence-corrected chi connectivity index (χ4v) is 4.47. The predicted molar refractivity (Wildman–Crippen MR) is 136 cm³/mol. The molecule has 1 heterocycles. The number of para-hydroxylation sites is 2. The van der Waals surface area contributed by atoms with Crippen molar-refractivity contribution in [2.45, 2.75) is 71.9 Å². The molecule has 0 aliphatic carbocycles. The van der Waals surface area contributed by atoms with E-state index in [4.69, 9.17) is 21.2 Å². The minimum Gasteiger partial charge on any atom is -0.385 e.